The van der Waals surface area contributed by atoms with Crippen LogP contribution in [0.25, 0.3) is 0 Å². The average molecular weight is 180 g/mol. The van der Waals surface area contributed by atoms with E-state index in [9.17, 15) is 9.59 Å². The lowest BCUT2D eigenvalue weighted by atomic mass is 9.58. The molecule has 0 aromatic carbocycles. The molecule has 2 fully saturated rings. The summed E-state index contributed by atoms with van der Waals surface area (Å²) in [5.74, 6) is 0.249. The summed E-state index contributed by atoms with van der Waals surface area (Å²) in [5.41, 5.74) is -0.299. The zero-order chi connectivity index (χ0) is 9.64. The second-order valence-electron chi connectivity index (χ2n) is 4.90. The Morgan fingerprint density at radius 2 is 2.08 bits per heavy atom. The number of hydrogen-bond donors (Lipinski definition) is 0. The maximum absolute atomic E-state index is 11.7. The first-order valence-electron chi connectivity index (χ1n) is 5.13. The number of carbonyl (C=O) groups excluding carboxylic acids is 2. The van der Waals surface area contributed by atoms with Crippen molar-refractivity contribution in [3.8, 4) is 0 Å². The van der Waals surface area contributed by atoms with Gasteiger partial charge in [-0.2, -0.15) is 0 Å². The number of hydrogen-bond acceptors (Lipinski definition) is 2. The van der Waals surface area contributed by atoms with E-state index >= 15 is 0 Å². The van der Waals surface area contributed by atoms with Crippen LogP contribution in [-0.2, 0) is 9.59 Å². The van der Waals surface area contributed by atoms with E-state index in [1.165, 1.54) is 0 Å². The van der Waals surface area contributed by atoms with Gasteiger partial charge in [0.05, 0.1) is 0 Å². The molecule has 3 atom stereocenters. The summed E-state index contributed by atoms with van der Waals surface area (Å²) in [6.07, 6.45) is 4.11. The van der Waals surface area contributed by atoms with Crippen molar-refractivity contribution in [2.45, 2.75) is 39.5 Å². The SMILES string of the molecule is CC1C(=O)C(=O)C2(C)CCCC1C2. The van der Waals surface area contributed by atoms with E-state index in [4.69, 9.17) is 0 Å². The van der Waals surface area contributed by atoms with Gasteiger partial charge in [-0.3, -0.25) is 9.59 Å². The maximum atomic E-state index is 11.7. The summed E-state index contributed by atoms with van der Waals surface area (Å²) in [6.45, 7) is 3.88. The Labute approximate surface area is 78.7 Å². The van der Waals surface area contributed by atoms with Crippen molar-refractivity contribution in [1.29, 1.82) is 0 Å². The molecule has 0 N–H and O–H groups in total. The van der Waals surface area contributed by atoms with Gasteiger partial charge < -0.3 is 0 Å². The zero-order valence-electron chi connectivity index (χ0n) is 8.30. The minimum Gasteiger partial charge on any atom is -0.291 e. The second-order valence-corrected chi connectivity index (χ2v) is 4.90. The first kappa shape index (κ1) is 8.92. The fourth-order valence-corrected chi connectivity index (χ4v) is 2.89. The van der Waals surface area contributed by atoms with E-state index in [-0.39, 0.29) is 22.9 Å². The third kappa shape index (κ3) is 1.15. The Morgan fingerprint density at radius 1 is 1.38 bits per heavy atom. The maximum Gasteiger partial charge on any atom is 0.204 e. The smallest absolute Gasteiger partial charge is 0.204 e. The monoisotopic (exact) mass is 180 g/mol. The highest BCUT2D eigenvalue weighted by molar-refractivity contribution is 6.40. The van der Waals surface area contributed by atoms with Crippen molar-refractivity contribution in [1.82, 2.24) is 0 Å². The molecule has 0 heterocycles. The fourth-order valence-electron chi connectivity index (χ4n) is 2.89. The fraction of sp³-hybridized carbons (Fsp3) is 0.818. The van der Waals surface area contributed by atoms with Gasteiger partial charge in [0.15, 0.2) is 0 Å². The third-order valence-electron chi connectivity index (χ3n) is 3.91. The minimum atomic E-state index is -0.299. The highest BCUT2D eigenvalue weighted by atomic mass is 16.2. The normalized spacial score (nSPS) is 45.1. The van der Waals surface area contributed by atoms with E-state index in [0.29, 0.717) is 5.92 Å². The average Bonchev–Trinajstić information content (AvgIpc) is 2.13. The van der Waals surface area contributed by atoms with Gasteiger partial charge >= 0.3 is 0 Å². The quantitative estimate of drug-likeness (QED) is 0.534. The Bertz CT molecular complexity index is 269. The molecule has 0 amide bonds. The molecule has 13 heavy (non-hydrogen) atoms. The van der Waals surface area contributed by atoms with Crippen LogP contribution in [0.4, 0.5) is 0 Å². The van der Waals surface area contributed by atoms with Gasteiger partial charge in [-0.25, -0.2) is 0 Å². The van der Waals surface area contributed by atoms with Gasteiger partial charge in [-0.1, -0.05) is 20.3 Å². The van der Waals surface area contributed by atoms with Crippen LogP contribution in [0.5, 0.6) is 0 Å². The molecule has 2 aliphatic carbocycles. The molecule has 0 radical (unpaired) electrons. The Morgan fingerprint density at radius 3 is 2.77 bits per heavy atom. The highest BCUT2D eigenvalue weighted by Gasteiger charge is 2.49. The summed E-state index contributed by atoms with van der Waals surface area (Å²) in [5, 5.41) is 0. The molecular formula is C11H16O2. The lowest BCUT2D eigenvalue weighted by molar-refractivity contribution is -0.152. The van der Waals surface area contributed by atoms with Crippen LogP contribution in [0.1, 0.15) is 39.5 Å². The molecule has 2 bridgehead atoms. The van der Waals surface area contributed by atoms with Crippen LogP contribution in [0.2, 0.25) is 0 Å². The van der Waals surface area contributed by atoms with Crippen molar-refractivity contribution in [3.63, 3.8) is 0 Å². The van der Waals surface area contributed by atoms with Gasteiger partial charge in [0.25, 0.3) is 0 Å². The van der Waals surface area contributed by atoms with Gasteiger partial charge in [-0.05, 0) is 25.2 Å². The lowest BCUT2D eigenvalue weighted by Gasteiger charge is -2.43. The number of carbonyl (C=O) groups is 2. The largest absolute Gasteiger partial charge is 0.291 e. The molecule has 0 saturated heterocycles. The topological polar surface area (TPSA) is 34.1 Å². The summed E-state index contributed by atoms with van der Waals surface area (Å²) in [6, 6.07) is 0. The van der Waals surface area contributed by atoms with Crippen molar-refractivity contribution < 1.29 is 9.59 Å². The Hall–Kier alpha value is -0.660. The highest BCUT2D eigenvalue weighted by Crippen LogP contribution is 2.47. The van der Waals surface area contributed by atoms with Crippen LogP contribution in [-0.4, -0.2) is 11.6 Å². The summed E-state index contributed by atoms with van der Waals surface area (Å²) >= 11 is 0. The molecule has 2 heteroatoms. The van der Waals surface area contributed by atoms with Crippen LogP contribution in [0, 0.1) is 17.3 Å². The minimum absolute atomic E-state index is 0.0131. The predicted molar refractivity (Wildman–Crippen MR) is 49.2 cm³/mol. The van der Waals surface area contributed by atoms with Crippen LogP contribution >= 0.6 is 0 Å². The number of Topliss-reactive ketones (excluding diaryl/α,β-unsaturated/α-hetero) is 2. The zero-order valence-corrected chi connectivity index (χ0v) is 8.30. The number of rotatable bonds is 0. The molecule has 2 nitrogen and oxygen atoms in total. The van der Waals surface area contributed by atoms with E-state index in [2.05, 4.69) is 0 Å². The molecule has 3 unspecified atom stereocenters. The van der Waals surface area contributed by atoms with E-state index in [0.717, 1.165) is 25.7 Å². The lowest BCUT2D eigenvalue weighted by Crippen LogP contribution is -2.48. The molecule has 2 saturated carbocycles. The first-order chi connectivity index (χ1) is 6.04. The van der Waals surface area contributed by atoms with E-state index in [1.807, 2.05) is 13.8 Å². The van der Waals surface area contributed by atoms with Crippen LogP contribution < -0.4 is 0 Å². The first-order valence-corrected chi connectivity index (χ1v) is 5.13. The number of fused-ring (bicyclic) bond motifs is 2. The van der Waals surface area contributed by atoms with Gasteiger partial charge in [0.1, 0.15) is 0 Å². The van der Waals surface area contributed by atoms with E-state index in [1.54, 1.807) is 0 Å². The summed E-state index contributed by atoms with van der Waals surface area (Å²) in [7, 11) is 0. The molecule has 0 spiro atoms. The van der Waals surface area contributed by atoms with Crippen molar-refractivity contribution >= 4 is 11.6 Å². The number of ketones is 2. The van der Waals surface area contributed by atoms with E-state index < -0.39 is 0 Å². The molecule has 0 aromatic heterocycles. The Balaban J connectivity index is 2.34. The van der Waals surface area contributed by atoms with Gasteiger partial charge in [0.2, 0.25) is 11.6 Å². The molecule has 0 aromatic rings. The van der Waals surface area contributed by atoms with Gasteiger partial charge in [0, 0.05) is 11.3 Å². The molecule has 2 aliphatic rings. The Kier molecular flexibility index (Phi) is 1.83. The molecule has 2 rings (SSSR count). The summed E-state index contributed by atoms with van der Waals surface area (Å²) < 4.78 is 0. The van der Waals surface area contributed by atoms with Crippen molar-refractivity contribution in [3.05, 3.63) is 0 Å². The molecular weight excluding hydrogens is 164 g/mol. The second kappa shape index (κ2) is 2.66. The third-order valence-corrected chi connectivity index (χ3v) is 3.91. The standard InChI is InChI=1S/C11H16O2/c1-7-8-4-3-5-11(2,6-8)10(13)9(7)12/h7-8H,3-6H2,1-2H3. The summed E-state index contributed by atoms with van der Waals surface area (Å²) in [4.78, 5) is 23.3. The van der Waals surface area contributed by atoms with Crippen LogP contribution in [0.3, 0.4) is 0 Å². The van der Waals surface area contributed by atoms with Crippen molar-refractivity contribution in [2.75, 3.05) is 0 Å². The molecule has 72 valence electrons. The van der Waals surface area contributed by atoms with Gasteiger partial charge in [-0.15, -0.1) is 0 Å². The predicted octanol–water partition coefficient (Wildman–Crippen LogP) is 1.97. The molecule has 0 aliphatic heterocycles. The van der Waals surface area contributed by atoms with Crippen molar-refractivity contribution in [2.24, 2.45) is 17.3 Å². The van der Waals surface area contributed by atoms with Crippen LogP contribution in [0.15, 0.2) is 0 Å².